The first-order valence-electron chi connectivity index (χ1n) is 11.9. The van der Waals surface area contributed by atoms with Crippen LogP contribution >= 0.6 is 0 Å². The lowest BCUT2D eigenvalue weighted by Gasteiger charge is -2.37. The predicted octanol–water partition coefficient (Wildman–Crippen LogP) is 0.497. The van der Waals surface area contributed by atoms with Crippen LogP contribution in [-0.4, -0.2) is 95.0 Å². The van der Waals surface area contributed by atoms with Gasteiger partial charge in [0.15, 0.2) is 11.6 Å². The molecule has 2 fully saturated rings. The van der Waals surface area contributed by atoms with Gasteiger partial charge < -0.3 is 24.9 Å². The Hall–Kier alpha value is -4.82. The van der Waals surface area contributed by atoms with E-state index < -0.39 is 6.04 Å². The summed E-state index contributed by atoms with van der Waals surface area (Å²) < 4.78 is 6.71. The molecule has 0 aromatic carbocycles. The Balaban J connectivity index is 1.14. The summed E-state index contributed by atoms with van der Waals surface area (Å²) in [5.74, 6) is 1.92. The standard InChI is InChI=1S/C22H24N12O3/c23-19-28-20(29-21-27-17(30-34(19)21)15-4-2-12-37-15)33-7-1-3-14(33)18(35)31-8-10-32(11-9-31)22(36)26-16-13-24-5-6-25-16/h2,4-6,12-14H,1,3,7-11H2,(H,25,26,36)(H2,23,27,28,29,30)/t14-/m0/s1. The van der Waals surface area contributed by atoms with Crippen LogP contribution in [0.15, 0.2) is 41.4 Å². The van der Waals surface area contributed by atoms with Crippen molar-refractivity contribution >= 4 is 35.4 Å². The molecule has 0 radical (unpaired) electrons. The molecule has 15 heteroatoms. The molecule has 0 unspecified atom stereocenters. The van der Waals surface area contributed by atoms with E-state index in [0.29, 0.717) is 62.5 Å². The third-order valence-corrected chi connectivity index (χ3v) is 6.43. The van der Waals surface area contributed by atoms with Crippen molar-refractivity contribution in [1.82, 2.24) is 44.3 Å². The number of nitrogen functional groups attached to an aromatic ring is 1. The van der Waals surface area contributed by atoms with Gasteiger partial charge in [-0.25, -0.2) is 9.78 Å². The van der Waals surface area contributed by atoms with Gasteiger partial charge in [-0.05, 0) is 25.0 Å². The topological polar surface area (TPSA) is 177 Å². The maximum atomic E-state index is 13.5. The third-order valence-electron chi connectivity index (χ3n) is 6.43. The van der Waals surface area contributed by atoms with Crippen LogP contribution in [0.4, 0.5) is 22.5 Å². The van der Waals surface area contributed by atoms with Gasteiger partial charge in [-0.3, -0.25) is 15.1 Å². The van der Waals surface area contributed by atoms with Crippen LogP contribution in [0.5, 0.6) is 0 Å². The number of carbonyl (C=O) groups excluding carboxylic acids is 2. The molecule has 0 bridgehead atoms. The molecule has 3 N–H and O–H groups in total. The normalized spacial score (nSPS) is 17.9. The molecule has 2 saturated heterocycles. The molecule has 190 valence electrons. The highest BCUT2D eigenvalue weighted by molar-refractivity contribution is 5.89. The van der Waals surface area contributed by atoms with Crippen LogP contribution in [-0.2, 0) is 4.79 Å². The molecule has 0 spiro atoms. The molecule has 4 aromatic rings. The number of aromatic nitrogens is 7. The van der Waals surface area contributed by atoms with Crippen molar-refractivity contribution in [2.24, 2.45) is 0 Å². The highest BCUT2D eigenvalue weighted by atomic mass is 16.3. The molecule has 1 atom stereocenters. The second-order valence-electron chi connectivity index (χ2n) is 8.69. The number of furan rings is 1. The molecule has 3 amide bonds. The second kappa shape index (κ2) is 9.33. The number of piperazine rings is 1. The summed E-state index contributed by atoms with van der Waals surface area (Å²) >= 11 is 0. The van der Waals surface area contributed by atoms with Gasteiger partial charge in [0.05, 0.1) is 12.5 Å². The average Bonchev–Trinajstić information content (AvgIpc) is 3.69. The van der Waals surface area contributed by atoms with Gasteiger partial charge in [0, 0.05) is 45.1 Å². The quantitative estimate of drug-likeness (QED) is 0.395. The molecular weight excluding hydrogens is 480 g/mol. The van der Waals surface area contributed by atoms with Crippen molar-refractivity contribution in [1.29, 1.82) is 0 Å². The van der Waals surface area contributed by atoms with E-state index in [1.807, 2.05) is 4.90 Å². The van der Waals surface area contributed by atoms with E-state index >= 15 is 0 Å². The predicted molar refractivity (Wildman–Crippen MR) is 130 cm³/mol. The van der Waals surface area contributed by atoms with Gasteiger partial charge in [0.1, 0.15) is 6.04 Å². The lowest BCUT2D eigenvalue weighted by Crippen LogP contribution is -2.55. The van der Waals surface area contributed by atoms with Crippen molar-refractivity contribution in [3.63, 3.8) is 0 Å². The Kier molecular flexibility index (Phi) is 5.71. The lowest BCUT2D eigenvalue weighted by atomic mass is 10.1. The summed E-state index contributed by atoms with van der Waals surface area (Å²) in [5, 5.41) is 7.05. The second-order valence-corrected chi connectivity index (χ2v) is 8.69. The van der Waals surface area contributed by atoms with Crippen molar-refractivity contribution in [3.05, 3.63) is 37.0 Å². The Morgan fingerprint density at radius 3 is 2.65 bits per heavy atom. The molecule has 6 heterocycles. The number of amides is 3. The van der Waals surface area contributed by atoms with E-state index in [1.54, 1.807) is 21.9 Å². The molecule has 0 saturated carbocycles. The molecule has 15 nitrogen and oxygen atoms in total. The van der Waals surface area contributed by atoms with E-state index in [-0.39, 0.29) is 23.7 Å². The highest BCUT2D eigenvalue weighted by Gasteiger charge is 2.37. The zero-order chi connectivity index (χ0) is 25.4. The molecule has 2 aliphatic heterocycles. The average molecular weight is 505 g/mol. The number of hydrogen-bond acceptors (Lipinski definition) is 11. The Labute approximate surface area is 210 Å². The van der Waals surface area contributed by atoms with Gasteiger partial charge >= 0.3 is 6.03 Å². The fraction of sp³-hybridized carbons (Fsp3) is 0.364. The van der Waals surface area contributed by atoms with Crippen molar-refractivity contribution in [2.45, 2.75) is 18.9 Å². The van der Waals surface area contributed by atoms with Crippen LogP contribution in [0.2, 0.25) is 0 Å². The molecule has 0 aliphatic carbocycles. The molecule has 2 aliphatic rings. The maximum absolute atomic E-state index is 13.5. The number of carbonyl (C=O) groups is 2. The minimum atomic E-state index is -0.422. The van der Waals surface area contributed by atoms with Gasteiger partial charge in [-0.15, -0.1) is 5.10 Å². The van der Waals surface area contributed by atoms with Crippen LogP contribution in [0.3, 0.4) is 0 Å². The third kappa shape index (κ3) is 4.34. The summed E-state index contributed by atoms with van der Waals surface area (Å²) in [7, 11) is 0. The Morgan fingerprint density at radius 1 is 1.05 bits per heavy atom. The van der Waals surface area contributed by atoms with Crippen LogP contribution in [0.1, 0.15) is 12.8 Å². The largest absolute Gasteiger partial charge is 0.461 e. The van der Waals surface area contributed by atoms with Gasteiger partial charge in [-0.2, -0.15) is 19.5 Å². The first-order valence-corrected chi connectivity index (χ1v) is 11.9. The van der Waals surface area contributed by atoms with Gasteiger partial charge in [0.2, 0.25) is 23.6 Å². The highest BCUT2D eigenvalue weighted by Crippen LogP contribution is 2.26. The molecule has 6 rings (SSSR count). The van der Waals surface area contributed by atoms with Crippen molar-refractivity contribution in [3.8, 4) is 11.6 Å². The van der Waals surface area contributed by atoms with Gasteiger partial charge in [-0.1, -0.05) is 0 Å². The number of nitrogens with zero attached hydrogens (tertiary/aromatic N) is 10. The summed E-state index contributed by atoms with van der Waals surface area (Å²) in [4.78, 5) is 52.7. The molecule has 37 heavy (non-hydrogen) atoms. The number of fused-ring (bicyclic) bond motifs is 1. The molecule has 4 aromatic heterocycles. The Morgan fingerprint density at radius 2 is 1.89 bits per heavy atom. The van der Waals surface area contributed by atoms with E-state index in [1.165, 1.54) is 29.4 Å². The van der Waals surface area contributed by atoms with E-state index in [9.17, 15) is 9.59 Å². The van der Waals surface area contributed by atoms with E-state index in [0.717, 1.165) is 6.42 Å². The summed E-state index contributed by atoms with van der Waals surface area (Å²) in [5.41, 5.74) is 6.16. The first kappa shape index (κ1) is 22.6. The fourth-order valence-corrected chi connectivity index (χ4v) is 4.59. The summed E-state index contributed by atoms with van der Waals surface area (Å²) in [6, 6.07) is 2.79. The summed E-state index contributed by atoms with van der Waals surface area (Å²) in [6.45, 7) is 2.29. The van der Waals surface area contributed by atoms with E-state index in [4.69, 9.17) is 10.2 Å². The minimum Gasteiger partial charge on any atom is -0.461 e. The number of nitrogens with one attached hydrogen (secondary N) is 1. The van der Waals surface area contributed by atoms with Crippen molar-refractivity contribution < 1.29 is 14.0 Å². The number of urea groups is 1. The number of rotatable bonds is 4. The maximum Gasteiger partial charge on any atom is 0.323 e. The summed E-state index contributed by atoms with van der Waals surface area (Å²) in [6.07, 6.45) is 7.55. The van der Waals surface area contributed by atoms with E-state index in [2.05, 4.69) is 35.3 Å². The van der Waals surface area contributed by atoms with Crippen LogP contribution < -0.4 is 16.0 Å². The van der Waals surface area contributed by atoms with Crippen molar-refractivity contribution in [2.75, 3.05) is 48.7 Å². The molecular formula is C22H24N12O3. The monoisotopic (exact) mass is 504 g/mol. The lowest BCUT2D eigenvalue weighted by molar-refractivity contribution is -0.133. The SMILES string of the molecule is Nc1nc(N2CCC[C@H]2C(=O)N2CCN(C(=O)Nc3cnccn3)CC2)nc2nc(-c3ccco3)nn12. The van der Waals surface area contributed by atoms with Crippen LogP contribution in [0.25, 0.3) is 17.4 Å². The number of nitrogens with two attached hydrogens (primary N) is 1. The number of hydrogen-bond donors (Lipinski definition) is 2. The minimum absolute atomic E-state index is 0.0220. The zero-order valence-electron chi connectivity index (χ0n) is 19.8. The Bertz CT molecular complexity index is 1420. The zero-order valence-corrected chi connectivity index (χ0v) is 19.8. The smallest absolute Gasteiger partial charge is 0.323 e. The number of anilines is 3. The fourth-order valence-electron chi connectivity index (χ4n) is 4.59. The first-order chi connectivity index (χ1) is 18.1. The van der Waals surface area contributed by atoms with Gasteiger partial charge in [0.25, 0.3) is 5.78 Å². The van der Waals surface area contributed by atoms with Crippen LogP contribution in [0, 0.1) is 0 Å².